The molecule has 2 rings (SSSR count). The van der Waals surface area contributed by atoms with E-state index in [1.54, 1.807) is 10.7 Å². The van der Waals surface area contributed by atoms with Crippen LogP contribution in [0.3, 0.4) is 0 Å². The summed E-state index contributed by atoms with van der Waals surface area (Å²) in [5.74, 6) is 2.25. The summed E-state index contributed by atoms with van der Waals surface area (Å²) in [5.41, 5.74) is 0.877. The van der Waals surface area contributed by atoms with Crippen LogP contribution in [0.1, 0.15) is 20.8 Å². The van der Waals surface area contributed by atoms with E-state index >= 15 is 0 Å². The van der Waals surface area contributed by atoms with Gasteiger partial charge in [-0.1, -0.05) is 20.8 Å². The Morgan fingerprint density at radius 3 is 2.88 bits per heavy atom. The molecule has 0 radical (unpaired) electrons. The molecule has 0 aliphatic heterocycles. The average Bonchev–Trinajstić information content (AvgIpc) is 2.72. The van der Waals surface area contributed by atoms with E-state index < -0.39 is 0 Å². The number of nitrogens with zero attached hydrogens (tertiary/aromatic N) is 3. The van der Waals surface area contributed by atoms with Crippen LogP contribution in [0.15, 0.2) is 24.5 Å². The van der Waals surface area contributed by atoms with Crippen LogP contribution in [0.2, 0.25) is 0 Å². The van der Waals surface area contributed by atoms with Gasteiger partial charge >= 0.3 is 0 Å². The Labute approximate surface area is 95.7 Å². The van der Waals surface area contributed by atoms with Gasteiger partial charge in [0.15, 0.2) is 5.65 Å². The fraction of sp³-hybridized carbons (Fsp3) is 0.500. The van der Waals surface area contributed by atoms with Crippen molar-refractivity contribution in [2.24, 2.45) is 11.8 Å². The first-order valence-corrected chi connectivity index (χ1v) is 5.71. The highest BCUT2D eigenvalue weighted by Crippen LogP contribution is 2.11. The molecule has 1 unspecified atom stereocenters. The lowest BCUT2D eigenvalue weighted by molar-refractivity contribution is 0.439. The van der Waals surface area contributed by atoms with Gasteiger partial charge in [0.1, 0.15) is 5.82 Å². The summed E-state index contributed by atoms with van der Waals surface area (Å²) in [4.78, 5) is 4.46. The Kier molecular flexibility index (Phi) is 3.08. The van der Waals surface area contributed by atoms with Crippen LogP contribution >= 0.6 is 0 Å². The van der Waals surface area contributed by atoms with Gasteiger partial charge in [-0.25, -0.2) is 9.50 Å². The van der Waals surface area contributed by atoms with Crippen molar-refractivity contribution in [2.75, 3.05) is 11.9 Å². The molecule has 0 bridgehead atoms. The third-order valence-corrected chi connectivity index (χ3v) is 3.00. The summed E-state index contributed by atoms with van der Waals surface area (Å²) >= 11 is 0. The summed E-state index contributed by atoms with van der Waals surface area (Å²) in [6.45, 7) is 7.67. The van der Waals surface area contributed by atoms with Crippen LogP contribution in [0.4, 0.5) is 5.82 Å². The monoisotopic (exact) mass is 218 g/mol. The maximum atomic E-state index is 4.46. The normalized spacial score (nSPS) is 13.2. The highest BCUT2D eigenvalue weighted by Gasteiger charge is 2.07. The zero-order valence-electron chi connectivity index (χ0n) is 10.0. The standard InChI is InChI=1S/C12H18N4/c1-9(2)10(3)8-13-11-5-7-16-12(15-11)4-6-14-16/h4-7,9-10H,8H2,1-3H3,(H,13,15). The van der Waals surface area contributed by atoms with Crippen molar-refractivity contribution in [1.82, 2.24) is 14.6 Å². The molecule has 0 saturated heterocycles. The molecule has 0 aromatic carbocycles. The zero-order chi connectivity index (χ0) is 11.5. The zero-order valence-corrected chi connectivity index (χ0v) is 10.0. The molecule has 0 aliphatic carbocycles. The van der Waals surface area contributed by atoms with E-state index in [-0.39, 0.29) is 0 Å². The van der Waals surface area contributed by atoms with Gasteiger partial charge in [-0.15, -0.1) is 0 Å². The van der Waals surface area contributed by atoms with Crippen LogP contribution in [0, 0.1) is 11.8 Å². The first-order valence-electron chi connectivity index (χ1n) is 5.71. The molecule has 0 fully saturated rings. The van der Waals surface area contributed by atoms with E-state index in [9.17, 15) is 0 Å². The molecule has 16 heavy (non-hydrogen) atoms. The van der Waals surface area contributed by atoms with Crippen LogP contribution in [-0.4, -0.2) is 21.1 Å². The van der Waals surface area contributed by atoms with Crippen molar-refractivity contribution < 1.29 is 0 Å². The quantitative estimate of drug-likeness (QED) is 0.857. The van der Waals surface area contributed by atoms with Crippen LogP contribution < -0.4 is 5.32 Å². The van der Waals surface area contributed by atoms with Gasteiger partial charge in [-0.3, -0.25) is 0 Å². The van der Waals surface area contributed by atoms with Gasteiger partial charge in [0, 0.05) is 18.8 Å². The number of fused-ring (bicyclic) bond motifs is 1. The lowest BCUT2D eigenvalue weighted by Crippen LogP contribution is -2.16. The highest BCUT2D eigenvalue weighted by atomic mass is 15.2. The Morgan fingerprint density at radius 1 is 1.31 bits per heavy atom. The topological polar surface area (TPSA) is 42.2 Å². The molecule has 4 heteroatoms. The second-order valence-electron chi connectivity index (χ2n) is 4.55. The molecule has 2 aromatic rings. The van der Waals surface area contributed by atoms with Crippen molar-refractivity contribution in [1.29, 1.82) is 0 Å². The SMILES string of the molecule is CC(C)C(C)CNc1ccn2nccc2n1. The van der Waals surface area contributed by atoms with Crippen molar-refractivity contribution in [3.8, 4) is 0 Å². The summed E-state index contributed by atoms with van der Waals surface area (Å²) in [6, 6.07) is 3.85. The molecule has 0 aliphatic rings. The predicted molar refractivity (Wildman–Crippen MR) is 65.5 cm³/mol. The first-order chi connectivity index (χ1) is 7.66. The number of hydrogen-bond acceptors (Lipinski definition) is 3. The van der Waals surface area contributed by atoms with Crippen molar-refractivity contribution in [3.63, 3.8) is 0 Å². The molecule has 1 atom stereocenters. The van der Waals surface area contributed by atoms with Gasteiger partial charge in [0.2, 0.25) is 0 Å². The number of hydrogen-bond donors (Lipinski definition) is 1. The Balaban J connectivity index is 2.04. The molecule has 2 aromatic heterocycles. The minimum Gasteiger partial charge on any atom is -0.370 e. The smallest absolute Gasteiger partial charge is 0.157 e. The fourth-order valence-electron chi connectivity index (χ4n) is 1.41. The van der Waals surface area contributed by atoms with E-state index in [0.717, 1.165) is 18.0 Å². The van der Waals surface area contributed by atoms with Crippen molar-refractivity contribution in [2.45, 2.75) is 20.8 Å². The molecular formula is C12H18N4. The summed E-state index contributed by atoms with van der Waals surface area (Å²) in [6.07, 6.45) is 3.67. The summed E-state index contributed by atoms with van der Waals surface area (Å²) < 4.78 is 1.76. The summed E-state index contributed by atoms with van der Waals surface area (Å²) in [5, 5.41) is 7.47. The van der Waals surface area contributed by atoms with E-state index in [0.29, 0.717) is 11.8 Å². The van der Waals surface area contributed by atoms with Crippen molar-refractivity contribution in [3.05, 3.63) is 24.5 Å². The lowest BCUT2D eigenvalue weighted by atomic mass is 9.98. The molecular weight excluding hydrogens is 200 g/mol. The predicted octanol–water partition coefficient (Wildman–Crippen LogP) is 2.43. The van der Waals surface area contributed by atoms with E-state index in [1.807, 2.05) is 18.3 Å². The van der Waals surface area contributed by atoms with E-state index in [4.69, 9.17) is 0 Å². The second kappa shape index (κ2) is 4.51. The molecule has 1 N–H and O–H groups in total. The van der Waals surface area contributed by atoms with Gasteiger partial charge < -0.3 is 5.32 Å². The maximum Gasteiger partial charge on any atom is 0.157 e. The molecule has 0 saturated carbocycles. The molecule has 0 spiro atoms. The second-order valence-corrected chi connectivity index (χ2v) is 4.55. The lowest BCUT2D eigenvalue weighted by Gasteiger charge is -2.16. The van der Waals surface area contributed by atoms with Gasteiger partial charge in [0.25, 0.3) is 0 Å². The number of aromatic nitrogens is 3. The van der Waals surface area contributed by atoms with Crippen molar-refractivity contribution >= 4 is 11.5 Å². The third kappa shape index (κ3) is 2.32. The Morgan fingerprint density at radius 2 is 2.12 bits per heavy atom. The maximum absolute atomic E-state index is 4.46. The van der Waals surface area contributed by atoms with E-state index in [1.165, 1.54) is 0 Å². The third-order valence-electron chi connectivity index (χ3n) is 3.00. The van der Waals surface area contributed by atoms with Crippen LogP contribution in [-0.2, 0) is 0 Å². The van der Waals surface area contributed by atoms with E-state index in [2.05, 4.69) is 36.2 Å². The van der Waals surface area contributed by atoms with Gasteiger partial charge in [0.05, 0.1) is 6.20 Å². The molecule has 4 nitrogen and oxygen atoms in total. The number of rotatable bonds is 4. The number of nitrogens with one attached hydrogen (secondary N) is 1. The Bertz CT molecular complexity index is 461. The van der Waals surface area contributed by atoms with Gasteiger partial charge in [-0.05, 0) is 17.9 Å². The highest BCUT2D eigenvalue weighted by molar-refractivity contribution is 5.45. The van der Waals surface area contributed by atoms with Crippen LogP contribution in [0.5, 0.6) is 0 Å². The van der Waals surface area contributed by atoms with Crippen LogP contribution in [0.25, 0.3) is 5.65 Å². The first kappa shape index (κ1) is 10.9. The molecule has 0 amide bonds. The summed E-state index contributed by atoms with van der Waals surface area (Å²) in [7, 11) is 0. The molecule has 86 valence electrons. The minimum absolute atomic E-state index is 0.642. The minimum atomic E-state index is 0.642. The Hall–Kier alpha value is -1.58. The average molecular weight is 218 g/mol. The van der Waals surface area contributed by atoms with Gasteiger partial charge in [-0.2, -0.15) is 5.10 Å². The number of anilines is 1. The largest absolute Gasteiger partial charge is 0.370 e. The molecule has 2 heterocycles. The fourth-order valence-corrected chi connectivity index (χ4v) is 1.41.